The van der Waals surface area contributed by atoms with E-state index in [4.69, 9.17) is 0 Å². The third kappa shape index (κ3) is 2.41. The Hall–Kier alpha value is -2.54. The third-order valence-corrected chi connectivity index (χ3v) is 5.67. The van der Waals surface area contributed by atoms with Crippen molar-refractivity contribution in [1.29, 1.82) is 0 Å². The summed E-state index contributed by atoms with van der Waals surface area (Å²) < 4.78 is 51.7. The van der Waals surface area contributed by atoms with E-state index in [1.807, 2.05) is 6.07 Å². The third-order valence-electron chi connectivity index (χ3n) is 3.91. The lowest BCUT2D eigenvalue weighted by Crippen LogP contribution is -2.17. The van der Waals surface area contributed by atoms with E-state index in [1.54, 1.807) is 19.9 Å². The van der Waals surface area contributed by atoms with Crippen molar-refractivity contribution in [2.75, 3.05) is 0 Å². The van der Waals surface area contributed by atoms with Crippen LogP contribution < -0.4 is 5.43 Å². The molecule has 0 aliphatic heterocycles. The standard InChI is InChI=1S/C17H13F2NO3S/c1-9-3-4-10(2)16-15(9)17(21)14(8-20-16)24(22,23)11-5-6-12(18)13(19)7-11/h3-8H,1-2H3,(H,20,21). The van der Waals surface area contributed by atoms with Gasteiger partial charge in [-0.3, -0.25) is 4.79 Å². The first-order valence-corrected chi connectivity index (χ1v) is 8.53. The highest BCUT2D eigenvalue weighted by Crippen LogP contribution is 2.23. The second-order valence-corrected chi connectivity index (χ2v) is 7.43. The molecule has 0 bridgehead atoms. The number of hydrogen-bond donors (Lipinski definition) is 1. The first-order valence-electron chi connectivity index (χ1n) is 7.05. The monoisotopic (exact) mass is 349 g/mol. The Morgan fingerprint density at radius 1 is 0.958 bits per heavy atom. The number of pyridine rings is 1. The minimum atomic E-state index is -4.28. The van der Waals surface area contributed by atoms with Crippen molar-refractivity contribution in [2.45, 2.75) is 23.6 Å². The molecule has 0 atom stereocenters. The Bertz CT molecular complexity index is 1130. The molecule has 1 aromatic heterocycles. The molecule has 7 heteroatoms. The first-order chi connectivity index (χ1) is 11.2. The molecule has 24 heavy (non-hydrogen) atoms. The Kier molecular flexibility index (Phi) is 3.76. The number of benzene rings is 2. The summed E-state index contributed by atoms with van der Waals surface area (Å²) in [4.78, 5) is 14.6. The van der Waals surface area contributed by atoms with Crippen LogP contribution in [0.1, 0.15) is 11.1 Å². The Morgan fingerprint density at radius 3 is 2.29 bits per heavy atom. The molecule has 2 aromatic carbocycles. The van der Waals surface area contributed by atoms with Crippen molar-refractivity contribution in [1.82, 2.24) is 4.98 Å². The number of H-pyrrole nitrogens is 1. The van der Waals surface area contributed by atoms with Crippen LogP contribution in [0.15, 0.2) is 51.1 Å². The maximum Gasteiger partial charge on any atom is 0.212 e. The number of aryl methyl sites for hydroxylation is 2. The molecule has 0 unspecified atom stereocenters. The summed E-state index contributed by atoms with van der Waals surface area (Å²) in [7, 11) is -4.28. The van der Waals surface area contributed by atoms with Gasteiger partial charge in [-0.25, -0.2) is 17.2 Å². The number of nitrogens with one attached hydrogen (secondary N) is 1. The van der Waals surface area contributed by atoms with Crippen LogP contribution in [0.5, 0.6) is 0 Å². The van der Waals surface area contributed by atoms with Crippen molar-refractivity contribution < 1.29 is 17.2 Å². The minimum Gasteiger partial charge on any atom is -0.359 e. The smallest absolute Gasteiger partial charge is 0.212 e. The molecule has 124 valence electrons. The molecule has 0 aliphatic rings. The van der Waals surface area contributed by atoms with Gasteiger partial charge in [-0.15, -0.1) is 0 Å². The zero-order valence-corrected chi connectivity index (χ0v) is 13.7. The van der Waals surface area contributed by atoms with Crippen LogP contribution in [-0.4, -0.2) is 13.4 Å². The molecule has 0 spiro atoms. The van der Waals surface area contributed by atoms with Crippen LogP contribution in [-0.2, 0) is 9.84 Å². The molecular formula is C17H13F2NO3S. The van der Waals surface area contributed by atoms with Gasteiger partial charge in [-0.1, -0.05) is 12.1 Å². The number of rotatable bonds is 2. The summed E-state index contributed by atoms with van der Waals surface area (Å²) in [6.07, 6.45) is 1.09. The van der Waals surface area contributed by atoms with Gasteiger partial charge in [0.05, 0.1) is 15.8 Å². The second-order valence-electron chi connectivity index (χ2n) is 5.51. The van der Waals surface area contributed by atoms with Crippen molar-refractivity contribution in [3.8, 4) is 0 Å². The van der Waals surface area contributed by atoms with Crippen molar-refractivity contribution in [3.63, 3.8) is 0 Å². The van der Waals surface area contributed by atoms with Crippen LogP contribution in [0.3, 0.4) is 0 Å². The average molecular weight is 349 g/mol. The van der Waals surface area contributed by atoms with E-state index >= 15 is 0 Å². The second kappa shape index (κ2) is 5.52. The van der Waals surface area contributed by atoms with Crippen molar-refractivity contribution >= 4 is 20.7 Å². The number of hydrogen-bond acceptors (Lipinski definition) is 3. The van der Waals surface area contributed by atoms with E-state index in [9.17, 15) is 22.0 Å². The lowest BCUT2D eigenvalue weighted by Gasteiger charge is -2.09. The van der Waals surface area contributed by atoms with Crippen LogP contribution >= 0.6 is 0 Å². The van der Waals surface area contributed by atoms with E-state index in [1.165, 1.54) is 0 Å². The van der Waals surface area contributed by atoms with E-state index in [0.29, 0.717) is 23.2 Å². The number of sulfone groups is 1. The van der Waals surface area contributed by atoms with Crippen LogP contribution in [0.25, 0.3) is 10.9 Å². The van der Waals surface area contributed by atoms with Crippen LogP contribution in [0.2, 0.25) is 0 Å². The Morgan fingerprint density at radius 2 is 1.62 bits per heavy atom. The maximum atomic E-state index is 13.4. The Labute approximate surface area is 136 Å². The molecule has 0 aliphatic carbocycles. The molecule has 1 heterocycles. The fraction of sp³-hybridized carbons (Fsp3) is 0.118. The predicted octanol–water partition coefficient (Wildman–Crippen LogP) is 3.26. The lowest BCUT2D eigenvalue weighted by atomic mass is 10.1. The fourth-order valence-corrected chi connectivity index (χ4v) is 3.91. The minimum absolute atomic E-state index is 0.263. The van der Waals surface area contributed by atoms with Crippen LogP contribution in [0, 0.1) is 25.5 Å². The molecule has 0 amide bonds. The zero-order valence-electron chi connectivity index (χ0n) is 12.9. The maximum absolute atomic E-state index is 13.4. The molecule has 4 nitrogen and oxygen atoms in total. The first kappa shape index (κ1) is 16.3. The summed E-state index contributed by atoms with van der Waals surface area (Å²) in [6, 6.07) is 5.75. The van der Waals surface area contributed by atoms with Gasteiger partial charge in [-0.2, -0.15) is 0 Å². The highest BCUT2D eigenvalue weighted by atomic mass is 32.2. The van der Waals surface area contributed by atoms with Crippen LogP contribution in [0.4, 0.5) is 8.78 Å². The van der Waals surface area contributed by atoms with Gasteiger partial charge in [0.25, 0.3) is 0 Å². The quantitative estimate of drug-likeness (QED) is 0.722. The van der Waals surface area contributed by atoms with E-state index in [-0.39, 0.29) is 5.39 Å². The van der Waals surface area contributed by atoms with E-state index in [0.717, 1.165) is 17.8 Å². The summed E-state index contributed by atoms with van der Waals surface area (Å²) >= 11 is 0. The fourth-order valence-electron chi connectivity index (χ4n) is 2.59. The molecule has 1 N–H and O–H groups in total. The van der Waals surface area contributed by atoms with Gasteiger partial charge >= 0.3 is 0 Å². The highest BCUT2D eigenvalue weighted by molar-refractivity contribution is 7.91. The van der Waals surface area contributed by atoms with Crippen molar-refractivity contribution in [3.05, 3.63) is 69.5 Å². The molecule has 0 saturated heterocycles. The summed E-state index contributed by atoms with van der Waals surface area (Å²) in [5, 5.41) is 0.263. The number of aromatic amines is 1. The van der Waals surface area contributed by atoms with Gasteiger partial charge in [0, 0.05) is 6.20 Å². The normalized spacial score (nSPS) is 11.8. The molecule has 0 saturated carbocycles. The number of halogens is 2. The lowest BCUT2D eigenvalue weighted by molar-refractivity contribution is 0.504. The summed E-state index contributed by atoms with van der Waals surface area (Å²) in [5.41, 5.74) is 1.29. The highest BCUT2D eigenvalue weighted by Gasteiger charge is 2.24. The summed E-state index contributed by atoms with van der Waals surface area (Å²) in [5.74, 6) is -2.45. The molecule has 3 aromatic rings. The predicted molar refractivity (Wildman–Crippen MR) is 85.9 cm³/mol. The Balaban J connectivity index is 2.33. The molecule has 3 rings (SSSR count). The topological polar surface area (TPSA) is 67.0 Å². The largest absolute Gasteiger partial charge is 0.359 e. The summed E-state index contributed by atoms with van der Waals surface area (Å²) in [6.45, 7) is 3.49. The zero-order chi connectivity index (χ0) is 17.6. The van der Waals surface area contributed by atoms with Gasteiger partial charge in [0.15, 0.2) is 11.6 Å². The van der Waals surface area contributed by atoms with Gasteiger partial charge in [0.1, 0.15) is 4.90 Å². The number of fused-ring (bicyclic) bond motifs is 1. The van der Waals surface area contributed by atoms with Gasteiger partial charge < -0.3 is 4.98 Å². The molecular weight excluding hydrogens is 336 g/mol. The van der Waals surface area contributed by atoms with E-state index in [2.05, 4.69) is 4.98 Å². The SMILES string of the molecule is Cc1ccc(C)c2c(=O)c(S(=O)(=O)c3ccc(F)c(F)c3)c[nH]c12. The van der Waals surface area contributed by atoms with Gasteiger partial charge in [-0.05, 0) is 43.2 Å². The van der Waals surface area contributed by atoms with Crippen molar-refractivity contribution in [2.24, 2.45) is 0 Å². The average Bonchev–Trinajstić information content (AvgIpc) is 2.53. The molecule has 0 radical (unpaired) electrons. The molecule has 0 fully saturated rings. The van der Waals surface area contributed by atoms with Gasteiger partial charge in [0.2, 0.25) is 15.3 Å². The van der Waals surface area contributed by atoms with E-state index < -0.39 is 36.7 Å². The number of aromatic nitrogens is 1.